The second-order valence-corrected chi connectivity index (χ2v) is 10.6. The summed E-state index contributed by atoms with van der Waals surface area (Å²) in [6.45, 7) is 10.1. The standard InChI is InChI=1S/C18H18N2O.C18H18N2/c1-2-20-9-8-15-16(13-6-4-3-5-7-13)10-14(11-19)18(21)17(15)12-20;1-2-20-9-8-17-16(13-20)10-14(12-19)11-18(17)15-6-4-3-5-7-15/h3-7,10,21H,2,8-9,12H2,1H3;3-7,10-11H,2,8-9,13H2,1H3. The Labute approximate surface area is 243 Å². The van der Waals surface area contributed by atoms with Gasteiger partial charge in [0.2, 0.25) is 0 Å². The van der Waals surface area contributed by atoms with Crippen LogP contribution in [0.1, 0.15) is 47.2 Å². The average Bonchev–Trinajstić information content (AvgIpc) is 3.05. The van der Waals surface area contributed by atoms with E-state index in [0.29, 0.717) is 12.1 Å². The summed E-state index contributed by atoms with van der Waals surface area (Å²) in [7, 11) is 0. The van der Waals surface area contributed by atoms with Gasteiger partial charge in [0.25, 0.3) is 0 Å². The second-order valence-electron chi connectivity index (χ2n) is 10.6. The normalized spacial score (nSPS) is 14.5. The van der Waals surface area contributed by atoms with Gasteiger partial charge in [0.1, 0.15) is 11.8 Å². The molecule has 5 heteroatoms. The highest BCUT2D eigenvalue weighted by atomic mass is 16.3. The monoisotopic (exact) mass is 540 g/mol. The molecule has 4 aromatic carbocycles. The molecule has 0 unspecified atom stereocenters. The van der Waals surface area contributed by atoms with Crippen molar-refractivity contribution >= 4 is 0 Å². The summed E-state index contributed by atoms with van der Waals surface area (Å²) in [4.78, 5) is 4.72. The first kappa shape index (κ1) is 28.1. The first-order valence-electron chi connectivity index (χ1n) is 14.5. The Kier molecular flexibility index (Phi) is 8.80. The number of phenolic OH excluding ortho intramolecular Hbond substituents is 1. The summed E-state index contributed by atoms with van der Waals surface area (Å²) in [5.74, 6) is 0.158. The van der Waals surface area contributed by atoms with Crippen LogP contribution in [0.15, 0.2) is 78.9 Å². The molecule has 0 fully saturated rings. The maximum absolute atomic E-state index is 10.4. The van der Waals surface area contributed by atoms with Crippen molar-refractivity contribution in [2.45, 2.75) is 39.8 Å². The highest BCUT2D eigenvalue weighted by Gasteiger charge is 2.24. The molecule has 0 saturated heterocycles. The molecule has 0 aliphatic carbocycles. The molecule has 0 atom stereocenters. The lowest BCUT2D eigenvalue weighted by atomic mass is 9.88. The summed E-state index contributed by atoms with van der Waals surface area (Å²) in [6, 6.07) is 30.8. The van der Waals surface area contributed by atoms with Crippen LogP contribution in [-0.2, 0) is 25.9 Å². The molecule has 206 valence electrons. The van der Waals surface area contributed by atoms with Crippen LogP contribution in [0.3, 0.4) is 0 Å². The lowest BCUT2D eigenvalue weighted by molar-refractivity contribution is 0.263. The maximum atomic E-state index is 10.4. The molecule has 4 aromatic rings. The molecule has 0 radical (unpaired) electrons. The molecule has 0 spiro atoms. The van der Waals surface area contributed by atoms with Gasteiger partial charge in [0.05, 0.1) is 17.2 Å². The van der Waals surface area contributed by atoms with E-state index < -0.39 is 0 Å². The Bertz CT molecular complexity index is 1600. The lowest BCUT2D eigenvalue weighted by Crippen LogP contribution is -2.30. The Morgan fingerprint density at radius 2 is 1.24 bits per heavy atom. The zero-order valence-electron chi connectivity index (χ0n) is 23.9. The van der Waals surface area contributed by atoms with Gasteiger partial charge in [-0.25, -0.2) is 0 Å². The van der Waals surface area contributed by atoms with Gasteiger partial charge in [0.15, 0.2) is 0 Å². The van der Waals surface area contributed by atoms with Gasteiger partial charge in [-0.05, 0) is 83.1 Å². The largest absolute Gasteiger partial charge is 0.506 e. The molecule has 0 saturated carbocycles. The Balaban J connectivity index is 0.000000165. The Morgan fingerprint density at radius 3 is 1.80 bits per heavy atom. The van der Waals surface area contributed by atoms with E-state index in [2.05, 4.69) is 78.3 Å². The molecule has 6 rings (SSSR count). The van der Waals surface area contributed by atoms with Gasteiger partial charge in [-0.3, -0.25) is 9.80 Å². The smallest absolute Gasteiger partial charge is 0.138 e. The van der Waals surface area contributed by atoms with Gasteiger partial charge < -0.3 is 5.11 Å². The third-order valence-electron chi connectivity index (χ3n) is 8.31. The predicted octanol–water partition coefficient (Wildman–Crippen LogP) is 6.91. The summed E-state index contributed by atoms with van der Waals surface area (Å²) < 4.78 is 0. The molecular weight excluding hydrogens is 504 g/mol. The van der Waals surface area contributed by atoms with Crippen LogP contribution in [0, 0.1) is 22.7 Å². The van der Waals surface area contributed by atoms with Crippen LogP contribution in [-0.4, -0.2) is 41.1 Å². The lowest BCUT2D eigenvalue weighted by Gasteiger charge is -2.30. The quantitative estimate of drug-likeness (QED) is 0.304. The van der Waals surface area contributed by atoms with Gasteiger partial charge in [0, 0.05) is 31.7 Å². The minimum atomic E-state index is 0.158. The SMILES string of the molecule is CCN1CCc2c(-c3ccccc3)cc(C#N)c(O)c2C1.CCN1CCc2c(cc(C#N)cc2-c2ccccc2)C1. The number of aromatic hydroxyl groups is 1. The Hall–Kier alpha value is -4.42. The van der Waals surface area contributed by atoms with E-state index in [1.54, 1.807) is 0 Å². The molecule has 0 bridgehead atoms. The van der Waals surface area contributed by atoms with E-state index >= 15 is 0 Å². The number of benzene rings is 4. The summed E-state index contributed by atoms with van der Waals surface area (Å²) in [6.07, 6.45) is 1.98. The van der Waals surface area contributed by atoms with Crippen molar-refractivity contribution in [3.63, 3.8) is 0 Å². The van der Waals surface area contributed by atoms with E-state index in [1.807, 2.05) is 36.4 Å². The van der Waals surface area contributed by atoms with Crippen molar-refractivity contribution < 1.29 is 5.11 Å². The zero-order chi connectivity index (χ0) is 28.8. The minimum Gasteiger partial charge on any atom is -0.506 e. The zero-order valence-corrected chi connectivity index (χ0v) is 23.9. The number of nitriles is 2. The van der Waals surface area contributed by atoms with E-state index in [0.717, 1.165) is 67.8 Å². The first-order valence-corrected chi connectivity index (χ1v) is 14.5. The summed E-state index contributed by atoms with van der Waals surface area (Å²) in [5.41, 5.74) is 10.6. The molecule has 0 amide bonds. The highest BCUT2D eigenvalue weighted by Crippen LogP contribution is 2.38. The molecule has 2 aliphatic rings. The number of hydrogen-bond donors (Lipinski definition) is 1. The first-order chi connectivity index (χ1) is 20.1. The predicted molar refractivity (Wildman–Crippen MR) is 164 cm³/mol. The fourth-order valence-electron chi connectivity index (χ4n) is 5.99. The topological polar surface area (TPSA) is 74.3 Å². The van der Waals surface area contributed by atoms with Crippen molar-refractivity contribution in [2.24, 2.45) is 0 Å². The van der Waals surface area contributed by atoms with Crippen molar-refractivity contribution in [3.8, 4) is 40.1 Å². The molecule has 2 heterocycles. The minimum absolute atomic E-state index is 0.158. The number of hydrogen-bond acceptors (Lipinski definition) is 5. The van der Waals surface area contributed by atoms with Crippen LogP contribution >= 0.6 is 0 Å². The van der Waals surface area contributed by atoms with Gasteiger partial charge in [-0.1, -0.05) is 74.5 Å². The highest BCUT2D eigenvalue weighted by molar-refractivity contribution is 5.74. The molecular formula is C36H36N4O. The number of fused-ring (bicyclic) bond motifs is 2. The Morgan fingerprint density at radius 1 is 0.683 bits per heavy atom. The third-order valence-corrected chi connectivity index (χ3v) is 8.31. The molecule has 41 heavy (non-hydrogen) atoms. The molecule has 1 N–H and O–H groups in total. The van der Waals surface area contributed by atoms with Crippen LogP contribution in [0.25, 0.3) is 22.3 Å². The van der Waals surface area contributed by atoms with Crippen molar-refractivity contribution in [2.75, 3.05) is 26.2 Å². The van der Waals surface area contributed by atoms with Crippen LogP contribution in [0.4, 0.5) is 0 Å². The third kappa shape index (κ3) is 6.03. The van der Waals surface area contributed by atoms with Crippen molar-refractivity contribution in [1.82, 2.24) is 9.80 Å². The van der Waals surface area contributed by atoms with Crippen LogP contribution in [0.5, 0.6) is 5.75 Å². The number of rotatable bonds is 4. The van der Waals surface area contributed by atoms with Gasteiger partial charge >= 0.3 is 0 Å². The van der Waals surface area contributed by atoms with Crippen LogP contribution < -0.4 is 0 Å². The van der Waals surface area contributed by atoms with Crippen molar-refractivity contribution in [3.05, 3.63) is 112 Å². The fraction of sp³-hybridized carbons (Fsp3) is 0.278. The number of phenols is 1. The molecule has 2 aliphatic heterocycles. The van der Waals surface area contributed by atoms with E-state index in [-0.39, 0.29) is 5.75 Å². The van der Waals surface area contributed by atoms with Crippen LogP contribution in [0.2, 0.25) is 0 Å². The molecule has 0 aromatic heterocycles. The van der Waals surface area contributed by atoms with Gasteiger partial charge in [-0.15, -0.1) is 0 Å². The van der Waals surface area contributed by atoms with E-state index in [4.69, 9.17) is 0 Å². The molecule has 5 nitrogen and oxygen atoms in total. The maximum Gasteiger partial charge on any atom is 0.138 e. The van der Waals surface area contributed by atoms with E-state index in [9.17, 15) is 15.6 Å². The number of likely N-dealkylation sites (N-methyl/N-ethyl adjacent to an activating group) is 2. The average molecular weight is 541 g/mol. The number of nitrogens with zero attached hydrogens (tertiary/aromatic N) is 4. The summed E-state index contributed by atoms with van der Waals surface area (Å²) >= 11 is 0. The fourth-order valence-corrected chi connectivity index (χ4v) is 5.99. The van der Waals surface area contributed by atoms with E-state index in [1.165, 1.54) is 27.8 Å². The summed E-state index contributed by atoms with van der Waals surface area (Å²) in [5, 5.41) is 28.9. The second kappa shape index (κ2) is 12.8. The van der Waals surface area contributed by atoms with Gasteiger partial charge in [-0.2, -0.15) is 10.5 Å². The van der Waals surface area contributed by atoms with Crippen molar-refractivity contribution in [1.29, 1.82) is 10.5 Å².